The number of halogens is 2. The molecule has 0 unspecified atom stereocenters. The van der Waals surface area contributed by atoms with Gasteiger partial charge in [-0.15, -0.1) is 6.42 Å². The smallest absolute Gasteiger partial charge is 0.266 e. The van der Waals surface area contributed by atoms with Crippen LogP contribution in [0.3, 0.4) is 0 Å². The van der Waals surface area contributed by atoms with E-state index < -0.39 is 5.91 Å². The third kappa shape index (κ3) is 6.14. The van der Waals surface area contributed by atoms with E-state index in [1.165, 1.54) is 6.08 Å². The summed E-state index contributed by atoms with van der Waals surface area (Å²) in [6, 6.07) is 12.6. The van der Waals surface area contributed by atoms with Gasteiger partial charge in [0.15, 0.2) is 0 Å². The van der Waals surface area contributed by atoms with Gasteiger partial charge in [0, 0.05) is 11.8 Å². The van der Waals surface area contributed by atoms with Gasteiger partial charge in [0.2, 0.25) is 0 Å². The number of amides is 1. The Hall–Kier alpha value is -2.24. The number of carbonyl (C=O) groups is 1. The van der Waals surface area contributed by atoms with Crippen molar-refractivity contribution >= 4 is 62.9 Å². The van der Waals surface area contributed by atoms with Crippen LogP contribution in [0.5, 0.6) is 11.5 Å². The first-order valence-electron chi connectivity index (χ1n) is 8.19. The highest BCUT2D eigenvalue weighted by molar-refractivity contribution is 14.1. The Balaban J connectivity index is 2.23. The highest BCUT2D eigenvalue weighted by atomic mass is 127. The molecule has 0 aliphatic heterocycles. The molecule has 0 spiro atoms. The molecule has 2 rings (SSSR count). The summed E-state index contributed by atoms with van der Waals surface area (Å²) in [5.74, 6) is 3.27. The van der Waals surface area contributed by atoms with E-state index in [0.717, 1.165) is 12.7 Å². The minimum Gasteiger partial charge on any atom is -0.494 e. The molecule has 28 heavy (non-hydrogen) atoms. The van der Waals surface area contributed by atoms with Gasteiger partial charge in [-0.25, -0.2) is 0 Å². The van der Waals surface area contributed by atoms with Gasteiger partial charge in [0.05, 0.1) is 13.7 Å². The molecule has 0 bridgehead atoms. The van der Waals surface area contributed by atoms with E-state index in [1.807, 2.05) is 25.1 Å². The number of carbonyl (C=O) groups excluding carboxylic acids is 1. The van der Waals surface area contributed by atoms with Crippen LogP contribution in [0.4, 0.5) is 5.69 Å². The SMILES string of the molecule is C#CCOc1c(I)cc(/C=C(/C#N)C(=O)Nc2cccc(OCC)c2)cc1I. The molecule has 1 N–H and O–H groups in total. The molecule has 2 aromatic carbocycles. The number of rotatable bonds is 7. The van der Waals surface area contributed by atoms with Crippen molar-refractivity contribution in [3.63, 3.8) is 0 Å². The van der Waals surface area contributed by atoms with Crippen LogP contribution in [0, 0.1) is 30.8 Å². The van der Waals surface area contributed by atoms with E-state index >= 15 is 0 Å². The Labute approximate surface area is 191 Å². The average Bonchev–Trinajstić information content (AvgIpc) is 2.66. The van der Waals surface area contributed by atoms with Crippen molar-refractivity contribution < 1.29 is 14.3 Å². The van der Waals surface area contributed by atoms with Gasteiger partial charge >= 0.3 is 0 Å². The summed E-state index contributed by atoms with van der Waals surface area (Å²) < 4.78 is 12.6. The van der Waals surface area contributed by atoms with Crippen LogP contribution in [0.15, 0.2) is 42.0 Å². The van der Waals surface area contributed by atoms with Crippen molar-refractivity contribution in [3.05, 3.63) is 54.7 Å². The second-order valence-electron chi connectivity index (χ2n) is 5.39. The number of ether oxygens (including phenoxy) is 2. The fourth-order valence-electron chi connectivity index (χ4n) is 2.26. The highest BCUT2D eigenvalue weighted by Gasteiger charge is 2.13. The van der Waals surface area contributed by atoms with Crippen LogP contribution >= 0.6 is 45.2 Å². The molecule has 142 valence electrons. The number of nitrogens with zero attached hydrogens (tertiary/aromatic N) is 1. The number of terminal acetylenes is 1. The minimum absolute atomic E-state index is 0.00861. The first-order chi connectivity index (χ1) is 13.5. The number of hydrogen-bond donors (Lipinski definition) is 1. The molecule has 0 atom stereocenters. The molecule has 0 fully saturated rings. The van der Waals surface area contributed by atoms with Crippen molar-refractivity contribution in [2.24, 2.45) is 0 Å². The summed E-state index contributed by atoms with van der Waals surface area (Å²) in [6.07, 6.45) is 6.77. The first kappa shape index (κ1) is 22.1. The highest BCUT2D eigenvalue weighted by Crippen LogP contribution is 2.30. The molecule has 0 saturated carbocycles. The van der Waals surface area contributed by atoms with E-state index in [9.17, 15) is 10.1 Å². The van der Waals surface area contributed by atoms with Gasteiger partial charge < -0.3 is 14.8 Å². The van der Waals surface area contributed by atoms with Crippen LogP contribution in [-0.2, 0) is 4.79 Å². The maximum absolute atomic E-state index is 12.5. The fourth-order valence-corrected chi connectivity index (χ4v) is 4.39. The number of benzene rings is 2. The van der Waals surface area contributed by atoms with E-state index in [1.54, 1.807) is 24.3 Å². The summed E-state index contributed by atoms with van der Waals surface area (Å²) in [5, 5.41) is 12.1. The lowest BCUT2D eigenvalue weighted by atomic mass is 10.1. The quantitative estimate of drug-likeness (QED) is 0.214. The van der Waals surface area contributed by atoms with Crippen molar-refractivity contribution in [2.45, 2.75) is 6.92 Å². The predicted octanol–water partition coefficient (Wildman–Crippen LogP) is 4.85. The number of nitrogens with one attached hydrogen (secondary N) is 1. The third-order valence-electron chi connectivity index (χ3n) is 3.40. The molecular weight excluding hydrogens is 582 g/mol. The lowest BCUT2D eigenvalue weighted by Gasteiger charge is -2.10. The molecule has 1 amide bonds. The molecule has 0 aromatic heterocycles. The van der Waals surface area contributed by atoms with Crippen LogP contribution in [-0.4, -0.2) is 19.1 Å². The maximum Gasteiger partial charge on any atom is 0.266 e. The van der Waals surface area contributed by atoms with E-state index in [2.05, 4.69) is 56.4 Å². The predicted molar refractivity (Wildman–Crippen MR) is 126 cm³/mol. The minimum atomic E-state index is -0.492. The Morgan fingerprint density at radius 3 is 2.57 bits per heavy atom. The maximum atomic E-state index is 12.5. The molecule has 0 aliphatic carbocycles. The van der Waals surface area contributed by atoms with Crippen LogP contribution < -0.4 is 14.8 Å². The summed E-state index contributed by atoms with van der Waals surface area (Å²) in [4.78, 5) is 12.5. The van der Waals surface area contributed by atoms with Gasteiger partial charge in [-0.1, -0.05) is 12.0 Å². The Bertz CT molecular complexity index is 965. The molecule has 0 heterocycles. The fraction of sp³-hybridized carbons (Fsp3) is 0.143. The lowest BCUT2D eigenvalue weighted by molar-refractivity contribution is -0.112. The zero-order chi connectivity index (χ0) is 20.5. The number of nitriles is 1. The van der Waals surface area contributed by atoms with E-state index in [0.29, 0.717) is 23.8 Å². The Morgan fingerprint density at radius 2 is 1.96 bits per heavy atom. The van der Waals surface area contributed by atoms with Crippen molar-refractivity contribution in [1.29, 1.82) is 5.26 Å². The van der Waals surface area contributed by atoms with Crippen molar-refractivity contribution in [3.8, 4) is 29.9 Å². The largest absolute Gasteiger partial charge is 0.494 e. The molecule has 0 aliphatic rings. The summed E-state index contributed by atoms with van der Waals surface area (Å²) in [6.45, 7) is 2.58. The lowest BCUT2D eigenvalue weighted by Crippen LogP contribution is -2.13. The van der Waals surface area contributed by atoms with Gasteiger partial charge in [-0.05, 0) is 88.0 Å². The van der Waals surface area contributed by atoms with Gasteiger partial charge in [-0.2, -0.15) is 5.26 Å². The molecule has 2 aromatic rings. The van der Waals surface area contributed by atoms with E-state index in [-0.39, 0.29) is 12.2 Å². The molecular formula is C21H16I2N2O3. The molecule has 0 saturated heterocycles. The molecule has 7 heteroatoms. The Kier molecular flexibility index (Phi) is 8.61. The van der Waals surface area contributed by atoms with Crippen molar-refractivity contribution in [2.75, 3.05) is 18.5 Å². The molecule has 5 nitrogen and oxygen atoms in total. The van der Waals surface area contributed by atoms with E-state index in [4.69, 9.17) is 15.9 Å². The summed E-state index contributed by atoms with van der Waals surface area (Å²) in [7, 11) is 0. The zero-order valence-electron chi connectivity index (χ0n) is 15.0. The normalized spacial score (nSPS) is 10.5. The van der Waals surface area contributed by atoms with Crippen LogP contribution in [0.1, 0.15) is 12.5 Å². The average molecular weight is 598 g/mol. The molecule has 0 radical (unpaired) electrons. The first-order valence-corrected chi connectivity index (χ1v) is 10.4. The topological polar surface area (TPSA) is 71.3 Å². The number of hydrogen-bond acceptors (Lipinski definition) is 4. The van der Waals surface area contributed by atoms with Gasteiger partial charge in [0.25, 0.3) is 5.91 Å². The second-order valence-corrected chi connectivity index (χ2v) is 7.72. The summed E-state index contributed by atoms with van der Waals surface area (Å²) >= 11 is 4.26. The summed E-state index contributed by atoms with van der Waals surface area (Å²) in [5.41, 5.74) is 1.27. The third-order valence-corrected chi connectivity index (χ3v) is 5.00. The van der Waals surface area contributed by atoms with Gasteiger partial charge in [0.1, 0.15) is 29.7 Å². The zero-order valence-corrected chi connectivity index (χ0v) is 19.3. The second kappa shape index (κ2) is 10.9. The van der Waals surface area contributed by atoms with Gasteiger partial charge in [-0.3, -0.25) is 4.79 Å². The Morgan fingerprint density at radius 1 is 1.25 bits per heavy atom. The van der Waals surface area contributed by atoms with Crippen LogP contribution in [0.25, 0.3) is 6.08 Å². The number of anilines is 1. The van der Waals surface area contributed by atoms with Crippen LogP contribution in [0.2, 0.25) is 0 Å². The monoisotopic (exact) mass is 598 g/mol. The standard InChI is InChI=1S/C21H16I2N2O3/c1-3-8-28-20-18(22)10-14(11-19(20)23)9-15(13-24)21(26)25-16-6-5-7-17(12-16)27-4-2/h1,5-7,9-12H,4,8H2,2H3,(H,25,26)/b15-9-. The van der Waals surface area contributed by atoms with Crippen molar-refractivity contribution in [1.82, 2.24) is 0 Å².